The standard InChI is InChI=1S/C30H37N3O5S/c1-16-5-3-4-6-22(16)26-23(28(38-32-26)17-7-8-17)15-37-21-13-19-9-10-20(14-21)33(19)30-31-27-24(36-2)11-18(29(34)35)12-25(27)39-30/h11-12,16-17,19-22H,3-10,13-15H2,1-2H3,(H,34,35)/t16?,19-,20?,21?,22?/m0/s1. The van der Waals surface area contributed by atoms with E-state index in [-0.39, 0.29) is 11.7 Å². The second-order valence-corrected chi connectivity index (χ2v) is 13.1. The molecule has 4 aliphatic rings. The Bertz CT molecular complexity index is 1370. The number of rotatable bonds is 8. The van der Waals surface area contributed by atoms with Gasteiger partial charge in [-0.3, -0.25) is 0 Å². The summed E-state index contributed by atoms with van der Waals surface area (Å²) < 4.78 is 19.0. The molecule has 0 spiro atoms. The normalized spacial score (nSPS) is 28.8. The predicted octanol–water partition coefficient (Wildman–Crippen LogP) is 6.88. The number of carboxylic acids is 1. The van der Waals surface area contributed by atoms with Crippen molar-refractivity contribution < 1.29 is 23.9 Å². The summed E-state index contributed by atoms with van der Waals surface area (Å²) in [6.45, 7) is 2.97. The Kier molecular flexibility index (Phi) is 6.54. The molecule has 1 aromatic carbocycles. The fourth-order valence-corrected chi connectivity index (χ4v) is 8.48. The summed E-state index contributed by atoms with van der Waals surface area (Å²) in [4.78, 5) is 19.0. The van der Waals surface area contributed by atoms with Crippen molar-refractivity contribution in [1.82, 2.24) is 10.1 Å². The van der Waals surface area contributed by atoms with E-state index >= 15 is 0 Å². The van der Waals surface area contributed by atoms with Crippen LogP contribution in [-0.2, 0) is 11.3 Å². The van der Waals surface area contributed by atoms with Gasteiger partial charge >= 0.3 is 5.97 Å². The Labute approximate surface area is 232 Å². The lowest BCUT2D eigenvalue weighted by Crippen LogP contribution is -2.45. The van der Waals surface area contributed by atoms with Gasteiger partial charge in [-0.25, -0.2) is 9.78 Å². The van der Waals surface area contributed by atoms with Crippen LogP contribution in [0.25, 0.3) is 10.2 Å². The average molecular weight is 552 g/mol. The van der Waals surface area contributed by atoms with E-state index in [0.29, 0.717) is 42.2 Å². The number of anilines is 1. The molecule has 2 aromatic heterocycles. The van der Waals surface area contributed by atoms with Crippen molar-refractivity contribution in [1.29, 1.82) is 0 Å². The molecule has 9 heteroatoms. The van der Waals surface area contributed by atoms with Crippen LogP contribution in [0.3, 0.4) is 0 Å². The summed E-state index contributed by atoms with van der Waals surface area (Å²) in [7, 11) is 1.57. The van der Waals surface area contributed by atoms with Gasteiger partial charge in [-0.15, -0.1) is 0 Å². The van der Waals surface area contributed by atoms with E-state index in [1.54, 1.807) is 30.6 Å². The predicted molar refractivity (Wildman–Crippen MR) is 149 cm³/mol. The number of carbonyl (C=O) groups is 1. The molecule has 2 saturated carbocycles. The maximum absolute atomic E-state index is 11.6. The first kappa shape index (κ1) is 25.3. The van der Waals surface area contributed by atoms with Gasteiger partial charge in [0.05, 0.1) is 35.8 Å². The smallest absolute Gasteiger partial charge is 0.335 e. The van der Waals surface area contributed by atoms with Gasteiger partial charge in [0, 0.05) is 29.5 Å². The van der Waals surface area contributed by atoms with Crippen LogP contribution in [0.2, 0.25) is 0 Å². The van der Waals surface area contributed by atoms with E-state index in [1.165, 1.54) is 49.8 Å². The summed E-state index contributed by atoms with van der Waals surface area (Å²) in [5, 5.41) is 15.1. The zero-order chi connectivity index (χ0) is 26.7. The van der Waals surface area contributed by atoms with Gasteiger partial charge in [0.25, 0.3) is 0 Å². The number of aromatic nitrogens is 2. The zero-order valence-corrected chi connectivity index (χ0v) is 23.5. The maximum Gasteiger partial charge on any atom is 0.335 e. The van der Waals surface area contributed by atoms with Crippen LogP contribution in [0, 0.1) is 5.92 Å². The lowest BCUT2D eigenvalue weighted by atomic mass is 9.77. The molecule has 208 valence electrons. The number of methoxy groups -OCH3 is 1. The minimum atomic E-state index is -0.957. The minimum absolute atomic E-state index is 0.208. The Morgan fingerprint density at radius 1 is 1.13 bits per heavy atom. The molecule has 2 bridgehead atoms. The minimum Gasteiger partial charge on any atom is -0.494 e. The number of ether oxygens (including phenoxy) is 2. The third kappa shape index (κ3) is 4.61. The molecular weight excluding hydrogens is 514 g/mol. The summed E-state index contributed by atoms with van der Waals surface area (Å²) >= 11 is 1.57. The Balaban J connectivity index is 1.08. The number of benzene rings is 1. The van der Waals surface area contributed by atoms with Gasteiger partial charge in [-0.1, -0.05) is 42.7 Å². The number of piperidine rings is 1. The molecule has 4 unspecified atom stereocenters. The molecule has 5 atom stereocenters. The number of thiazole rings is 1. The molecular formula is C30H37N3O5S. The lowest BCUT2D eigenvalue weighted by Gasteiger charge is -2.38. The van der Waals surface area contributed by atoms with Crippen LogP contribution >= 0.6 is 11.3 Å². The zero-order valence-electron chi connectivity index (χ0n) is 22.7. The van der Waals surface area contributed by atoms with Crippen molar-refractivity contribution in [3.05, 3.63) is 34.7 Å². The summed E-state index contributed by atoms with van der Waals surface area (Å²) in [6, 6.07) is 4.02. The summed E-state index contributed by atoms with van der Waals surface area (Å²) in [6.07, 6.45) is 11.9. The Morgan fingerprint density at radius 2 is 1.90 bits per heavy atom. The van der Waals surface area contributed by atoms with Crippen molar-refractivity contribution in [2.24, 2.45) is 5.92 Å². The molecule has 3 aromatic rings. The van der Waals surface area contributed by atoms with Crippen LogP contribution < -0.4 is 9.64 Å². The van der Waals surface area contributed by atoms with Crippen molar-refractivity contribution in [3.8, 4) is 5.75 Å². The molecule has 1 N–H and O–H groups in total. The van der Waals surface area contributed by atoms with Gasteiger partial charge in [-0.05, 0) is 63.0 Å². The van der Waals surface area contributed by atoms with Crippen molar-refractivity contribution in [2.75, 3.05) is 12.0 Å². The first-order valence-corrected chi connectivity index (χ1v) is 15.4. The highest BCUT2D eigenvalue weighted by Gasteiger charge is 2.43. The molecule has 2 aliphatic carbocycles. The van der Waals surface area contributed by atoms with Gasteiger partial charge in [0.1, 0.15) is 17.0 Å². The van der Waals surface area contributed by atoms with Gasteiger partial charge in [0.2, 0.25) is 0 Å². The van der Waals surface area contributed by atoms with Crippen molar-refractivity contribution >= 4 is 32.7 Å². The molecule has 0 amide bonds. The van der Waals surface area contributed by atoms with Gasteiger partial charge in [-0.2, -0.15) is 0 Å². The molecule has 2 aliphatic heterocycles. The van der Waals surface area contributed by atoms with Crippen LogP contribution in [0.4, 0.5) is 5.13 Å². The van der Waals surface area contributed by atoms with Crippen molar-refractivity contribution in [3.63, 3.8) is 0 Å². The molecule has 8 nitrogen and oxygen atoms in total. The quantitative estimate of drug-likeness (QED) is 0.324. The van der Waals surface area contributed by atoms with E-state index < -0.39 is 5.97 Å². The second-order valence-electron chi connectivity index (χ2n) is 12.1. The molecule has 7 rings (SSSR count). The Morgan fingerprint density at radius 3 is 2.59 bits per heavy atom. The molecule has 4 fully saturated rings. The number of aromatic carboxylic acids is 1. The third-order valence-corrected chi connectivity index (χ3v) is 10.6. The molecule has 39 heavy (non-hydrogen) atoms. The highest BCUT2D eigenvalue weighted by Crippen LogP contribution is 2.48. The van der Waals surface area contributed by atoms with E-state index in [0.717, 1.165) is 46.8 Å². The first-order chi connectivity index (χ1) is 19.0. The molecule has 0 radical (unpaired) electrons. The van der Waals surface area contributed by atoms with Gasteiger partial charge < -0.3 is 24.0 Å². The van der Waals surface area contributed by atoms with E-state index in [1.807, 2.05) is 0 Å². The number of carboxylic acid groups (broad SMARTS) is 1. The largest absolute Gasteiger partial charge is 0.494 e. The van der Waals surface area contributed by atoms with Crippen LogP contribution in [0.5, 0.6) is 5.75 Å². The van der Waals surface area contributed by atoms with Gasteiger partial charge in [0.15, 0.2) is 5.13 Å². The topological polar surface area (TPSA) is 97.9 Å². The maximum atomic E-state index is 11.6. The fourth-order valence-electron chi connectivity index (χ4n) is 7.31. The summed E-state index contributed by atoms with van der Waals surface area (Å²) in [5.74, 6) is 2.31. The number of hydrogen-bond acceptors (Lipinski definition) is 8. The second kappa shape index (κ2) is 10.1. The SMILES string of the molecule is COc1cc(C(=O)O)cc2sc(N3C4CC[C@H]3CC(OCc3c(C5CCCCC5C)noc3C3CC3)C4)nc12. The number of nitrogens with zero attached hydrogens (tertiary/aromatic N) is 3. The molecule has 4 heterocycles. The van der Waals surface area contributed by atoms with Crippen LogP contribution in [0.15, 0.2) is 16.7 Å². The summed E-state index contributed by atoms with van der Waals surface area (Å²) in [5.41, 5.74) is 3.39. The Hall–Kier alpha value is -2.65. The first-order valence-electron chi connectivity index (χ1n) is 14.6. The highest BCUT2D eigenvalue weighted by atomic mass is 32.1. The van der Waals surface area contributed by atoms with E-state index in [2.05, 4.69) is 17.0 Å². The lowest BCUT2D eigenvalue weighted by molar-refractivity contribution is 0.0140. The van der Waals surface area contributed by atoms with E-state index in [9.17, 15) is 9.90 Å². The van der Waals surface area contributed by atoms with E-state index in [4.69, 9.17) is 19.0 Å². The van der Waals surface area contributed by atoms with Crippen LogP contribution in [-0.4, -0.2) is 46.5 Å². The van der Waals surface area contributed by atoms with Crippen molar-refractivity contribution in [2.45, 2.75) is 108 Å². The highest BCUT2D eigenvalue weighted by molar-refractivity contribution is 7.22. The fraction of sp³-hybridized carbons (Fsp3) is 0.633. The third-order valence-electron chi connectivity index (χ3n) is 9.55. The number of fused-ring (bicyclic) bond motifs is 3. The molecule has 2 saturated heterocycles. The van der Waals surface area contributed by atoms with Crippen LogP contribution in [0.1, 0.15) is 110 Å². The number of hydrogen-bond donors (Lipinski definition) is 1. The monoisotopic (exact) mass is 551 g/mol. The average Bonchev–Trinajstić information content (AvgIpc) is 3.45.